The highest BCUT2D eigenvalue weighted by Gasteiger charge is 2.34. The molecule has 0 bridgehead atoms. The smallest absolute Gasteiger partial charge is 0.419 e. The number of alkyl halides is 3. The molecular formula is C21H22F4N4O4. The van der Waals surface area contributed by atoms with Gasteiger partial charge < -0.3 is 15.2 Å². The van der Waals surface area contributed by atoms with Crippen molar-refractivity contribution in [3.8, 4) is 17.1 Å². The number of benzene rings is 1. The molecule has 0 radical (unpaired) electrons. The van der Waals surface area contributed by atoms with E-state index in [1.807, 2.05) is 0 Å². The molecule has 2 N–H and O–H groups in total. The van der Waals surface area contributed by atoms with Crippen molar-refractivity contribution >= 4 is 11.4 Å². The maximum atomic E-state index is 13.8. The van der Waals surface area contributed by atoms with Crippen LogP contribution in [0.3, 0.4) is 0 Å². The molecule has 2 heterocycles. The Balaban J connectivity index is 2.18. The number of rotatable bonds is 8. The minimum atomic E-state index is -4.95. The standard InChI is InChI=1S/C21H22F4N4O4/c1-12(2)26-18(31)11-28-17(13-4-5-15(22)14(8-13)21(23,24)25)10-29-16(20(28)32)9-19(27-29)33-7-3-6-30/h4-5,8-10,12,30H,3,6-7,11H2,1-2H3,(H,26,31). The van der Waals surface area contributed by atoms with E-state index in [2.05, 4.69) is 10.4 Å². The van der Waals surface area contributed by atoms with Gasteiger partial charge in [0.25, 0.3) is 5.56 Å². The van der Waals surface area contributed by atoms with Crippen molar-refractivity contribution in [2.45, 2.75) is 39.0 Å². The minimum Gasteiger partial charge on any atom is -0.476 e. The predicted molar refractivity (Wildman–Crippen MR) is 110 cm³/mol. The SMILES string of the molecule is CC(C)NC(=O)Cn1c(-c2ccc(F)c(C(F)(F)F)c2)cn2nc(OCCCO)cc2c1=O. The molecule has 0 fully saturated rings. The van der Waals surface area contributed by atoms with Gasteiger partial charge in [-0.1, -0.05) is 0 Å². The number of aliphatic hydroxyl groups is 1. The van der Waals surface area contributed by atoms with Crippen LogP contribution in [0.2, 0.25) is 0 Å². The molecule has 0 aliphatic heterocycles. The third-order valence-corrected chi connectivity index (χ3v) is 4.58. The molecule has 0 aliphatic rings. The number of hydrogen-bond acceptors (Lipinski definition) is 5. The average molecular weight is 470 g/mol. The molecule has 3 aromatic rings. The highest BCUT2D eigenvalue weighted by Crippen LogP contribution is 2.34. The molecular weight excluding hydrogens is 448 g/mol. The van der Waals surface area contributed by atoms with E-state index in [4.69, 9.17) is 9.84 Å². The molecule has 2 aromatic heterocycles. The average Bonchev–Trinajstić information content (AvgIpc) is 3.12. The van der Waals surface area contributed by atoms with Crippen molar-refractivity contribution in [1.82, 2.24) is 19.5 Å². The molecule has 178 valence electrons. The maximum Gasteiger partial charge on any atom is 0.419 e. The number of carbonyl (C=O) groups excluding carboxylic acids is 1. The van der Waals surface area contributed by atoms with Crippen LogP contribution in [-0.4, -0.2) is 44.5 Å². The Morgan fingerprint density at radius 2 is 2.00 bits per heavy atom. The van der Waals surface area contributed by atoms with Gasteiger partial charge in [0.1, 0.15) is 17.9 Å². The highest BCUT2D eigenvalue weighted by atomic mass is 19.4. The van der Waals surface area contributed by atoms with Crippen LogP contribution in [-0.2, 0) is 17.5 Å². The number of aromatic nitrogens is 3. The molecule has 0 atom stereocenters. The maximum absolute atomic E-state index is 13.8. The van der Waals surface area contributed by atoms with Crippen molar-refractivity contribution in [2.24, 2.45) is 0 Å². The summed E-state index contributed by atoms with van der Waals surface area (Å²) < 4.78 is 61.1. The minimum absolute atomic E-state index is 0.0215. The van der Waals surface area contributed by atoms with Crippen LogP contribution in [0, 0.1) is 5.82 Å². The first kappa shape index (κ1) is 24.2. The van der Waals surface area contributed by atoms with Gasteiger partial charge in [-0.3, -0.25) is 14.2 Å². The fourth-order valence-electron chi connectivity index (χ4n) is 3.18. The van der Waals surface area contributed by atoms with Crippen molar-refractivity contribution in [2.75, 3.05) is 13.2 Å². The predicted octanol–water partition coefficient (Wildman–Crippen LogP) is 2.61. The van der Waals surface area contributed by atoms with Crippen LogP contribution in [0.1, 0.15) is 25.8 Å². The van der Waals surface area contributed by atoms with E-state index in [9.17, 15) is 27.2 Å². The normalized spacial score (nSPS) is 11.9. The molecule has 33 heavy (non-hydrogen) atoms. The van der Waals surface area contributed by atoms with Crippen molar-refractivity contribution in [3.05, 3.63) is 52.2 Å². The number of nitrogens with zero attached hydrogens (tertiary/aromatic N) is 3. The summed E-state index contributed by atoms with van der Waals surface area (Å²) in [5.74, 6) is -1.93. The second-order valence-electron chi connectivity index (χ2n) is 7.56. The number of amides is 1. The number of nitrogens with one attached hydrogen (secondary N) is 1. The molecule has 1 amide bonds. The first-order valence-electron chi connectivity index (χ1n) is 10.0. The summed E-state index contributed by atoms with van der Waals surface area (Å²) in [7, 11) is 0. The van der Waals surface area contributed by atoms with Gasteiger partial charge in [0.15, 0.2) is 0 Å². The first-order valence-corrected chi connectivity index (χ1v) is 10.0. The Hall–Kier alpha value is -3.41. The number of fused-ring (bicyclic) bond motifs is 1. The van der Waals surface area contributed by atoms with E-state index in [0.717, 1.165) is 15.1 Å². The van der Waals surface area contributed by atoms with E-state index in [-0.39, 0.29) is 41.9 Å². The van der Waals surface area contributed by atoms with Gasteiger partial charge in [0.05, 0.1) is 24.1 Å². The van der Waals surface area contributed by atoms with Gasteiger partial charge in [-0.05, 0) is 32.0 Å². The first-order chi connectivity index (χ1) is 15.5. The molecule has 0 unspecified atom stereocenters. The summed E-state index contributed by atoms with van der Waals surface area (Å²) in [6.07, 6.45) is -3.36. The van der Waals surface area contributed by atoms with Crippen LogP contribution in [0.25, 0.3) is 16.8 Å². The van der Waals surface area contributed by atoms with E-state index in [1.165, 1.54) is 12.3 Å². The Kier molecular flexibility index (Phi) is 7.06. The number of halogens is 4. The zero-order chi connectivity index (χ0) is 24.3. The van der Waals surface area contributed by atoms with Crippen LogP contribution < -0.4 is 15.6 Å². The summed E-state index contributed by atoms with van der Waals surface area (Å²) in [5.41, 5.74) is -2.37. The zero-order valence-electron chi connectivity index (χ0n) is 17.8. The summed E-state index contributed by atoms with van der Waals surface area (Å²) >= 11 is 0. The lowest BCUT2D eigenvalue weighted by atomic mass is 10.1. The van der Waals surface area contributed by atoms with Crippen molar-refractivity contribution < 1.29 is 32.2 Å². The molecule has 0 aliphatic carbocycles. The van der Waals surface area contributed by atoms with Gasteiger partial charge in [-0.15, -0.1) is 5.10 Å². The number of ether oxygens (including phenoxy) is 1. The van der Waals surface area contributed by atoms with Crippen LogP contribution >= 0.6 is 0 Å². The van der Waals surface area contributed by atoms with E-state index < -0.39 is 35.6 Å². The lowest BCUT2D eigenvalue weighted by molar-refractivity contribution is -0.140. The third kappa shape index (κ3) is 5.51. The monoisotopic (exact) mass is 470 g/mol. The van der Waals surface area contributed by atoms with Crippen LogP contribution in [0.5, 0.6) is 5.88 Å². The van der Waals surface area contributed by atoms with Gasteiger partial charge in [0.2, 0.25) is 11.8 Å². The molecule has 0 spiro atoms. The van der Waals surface area contributed by atoms with Crippen LogP contribution in [0.4, 0.5) is 17.6 Å². The molecule has 1 aromatic carbocycles. The van der Waals surface area contributed by atoms with Gasteiger partial charge in [0, 0.05) is 30.7 Å². The zero-order valence-corrected chi connectivity index (χ0v) is 17.8. The molecule has 0 saturated carbocycles. The van der Waals surface area contributed by atoms with Crippen LogP contribution in [0.15, 0.2) is 35.3 Å². The summed E-state index contributed by atoms with van der Waals surface area (Å²) in [4.78, 5) is 25.5. The summed E-state index contributed by atoms with van der Waals surface area (Å²) in [5, 5.41) is 15.6. The Labute approximate surface area is 185 Å². The fraction of sp³-hybridized carbons (Fsp3) is 0.381. The van der Waals surface area contributed by atoms with Crippen molar-refractivity contribution in [3.63, 3.8) is 0 Å². The number of hydrogen-bond donors (Lipinski definition) is 2. The molecule has 8 nitrogen and oxygen atoms in total. The number of carbonyl (C=O) groups is 1. The Bertz CT molecular complexity index is 1220. The molecule has 0 saturated heterocycles. The summed E-state index contributed by atoms with van der Waals surface area (Å²) in [6.45, 7) is 2.97. The Morgan fingerprint density at radius 3 is 2.64 bits per heavy atom. The van der Waals surface area contributed by atoms with E-state index in [0.29, 0.717) is 18.6 Å². The lowest BCUT2D eigenvalue weighted by Gasteiger charge is -2.16. The van der Waals surface area contributed by atoms with E-state index >= 15 is 0 Å². The van der Waals surface area contributed by atoms with Gasteiger partial charge in [-0.25, -0.2) is 8.91 Å². The van der Waals surface area contributed by atoms with Gasteiger partial charge in [-0.2, -0.15) is 13.2 Å². The summed E-state index contributed by atoms with van der Waals surface area (Å²) in [6, 6.07) is 3.41. The largest absolute Gasteiger partial charge is 0.476 e. The molecule has 3 rings (SSSR count). The van der Waals surface area contributed by atoms with Gasteiger partial charge >= 0.3 is 6.18 Å². The second kappa shape index (κ2) is 9.61. The third-order valence-electron chi connectivity index (χ3n) is 4.58. The number of aliphatic hydroxyl groups excluding tert-OH is 1. The lowest BCUT2D eigenvalue weighted by Crippen LogP contribution is -2.37. The topological polar surface area (TPSA) is 97.9 Å². The fourth-order valence-corrected chi connectivity index (χ4v) is 3.18. The Morgan fingerprint density at radius 1 is 1.27 bits per heavy atom. The highest BCUT2D eigenvalue weighted by molar-refractivity contribution is 5.77. The quantitative estimate of drug-likeness (QED) is 0.390. The van der Waals surface area contributed by atoms with Crippen molar-refractivity contribution in [1.29, 1.82) is 0 Å². The van der Waals surface area contributed by atoms with E-state index in [1.54, 1.807) is 13.8 Å². The second-order valence-corrected chi connectivity index (χ2v) is 7.56. The molecule has 12 heteroatoms.